The molecule has 0 saturated carbocycles. The number of sulfone groups is 1. The Morgan fingerprint density at radius 3 is 2.50 bits per heavy atom. The molecule has 1 aliphatic rings. The molecule has 0 aliphatic carbocycles. The van der Waals surface area contributed by atoms with Crippen molar-refractivity contribution in [3.05, 3.63) is 54.0 Å². The van der Waals surface area contributed by atoms with Crippen LogP contribution in [0.2, 0.25) is 0 Å². The van der Waals surface area contributed by atoms with Gasteiger partial charge < -0.3 is 9.73 Å². The summed E-state index contributed by atoms with van der Waals surface area (Å²) >= 11 is 0. The zero-order valence-electron chi connectivity index (χ0n) is 16.3. The number of furan rings is 1. The van der Waals surface area contributed by atoms with E-state index in [4.69, 9.17) is 4.42 Å². The number of carbonyl (C=O) groups is 1. The molecular weight excluding hydrogens is 376 g/mol. The van der Waals surface area contributed by atoms with Crippen molar-refractivity contribution in [1.82, 2.24) is 10.2 Å². The van der Waals surface area contributed by atoms with Crippen LogP contribution in [0.1, 0.15) is 43.0 Å². The fraction of sp³-hybridized carbons (Fsp3) is 0.476. The van der Waals surface area contributed by atoms with Crippen molar-refractivity contribution in [3.8, 4) is 0 Å². The van der Waals surface area contributed by atoms with E-state index < -0.39 is 9.84 Å². The Labute approximate surface area is 166 Å². The third-order valence-electron chi connectivity index (χ3n) is 5.17. The molecular formula is C21H28N2O4S. The van der Waals surface area contributed by atoms with Crippen molar-refractivity contribution in [2.75, 3.05) is 25.4 Å². The van der Waals surface area contributed by atoms with Crippen LogP contribution in [0.4, 0.5) is 0 Å². The summed E-state index contributed by atoms with van der Waals surface area (Å²) in [7, 11) is -3.46. The summed E-state index contributed by atoms with van der Waals surface area (Å²) in [6.07, 6.45) is 5.09. The Balaban J connectivity index is 1.55. The number of nitrogens with zero attached hydrogens (tertiary/aromatic N) is 1. The lowest BCUT2D eigenvalue weighted by molar-refractivity contribution is -0.121. The SMILES string of the molecule is Cc1ccc(S(=O)(=O)CCC(=O)NCC(c2ccco2)N2CCCCC2)cc1. The highest BCUT2D eigenvalue weighted by Gasteiger charge is 2.25. The third kappa shape index (κ3) is 5.45. The fourth-order valence-electron chi connectivity index (χ4n) is 3.51. The lowest BCUT2D eigenvalue weighted by Crippen LogP contribution is -2.40. The molecule has 3 rings (SSSR count). The molecule has 1 N–H and O–H groups in total. The molecule has 7 heteroatoms. The van der Waals surface area contributed by atoms with Crippen LogP contribution in [0.5, 0.6) is 0 Å². The van der Waals surface area contributed by atoms with E-state index >= 15 is 0 Å². The van der Waals surface area contributed by atoms with Crippen molar-refractivity contribution in [2.45, 2.75) is 43.5 Å². The summed E-state index contributed by atoms with van der Waals surface area (Å²) in [4.78, 5) is 14.9. The van der Waals surface area contributed by atoms with E-state index in [2.05, 4.69) is 10.2 Å². The van der Waals surface area contributed by atoms with Crippen LogP contribution in [0.25, 0.3) is 0 Å². The molecule has 1 aromatic carbocycles. The van der Waals surface area contributed by atoms with Crippen LogP contribution < -0.4 is 5.32 Å². The van der Waals surface area contributed by atoms with E-state index in [0.717, 1.165) is 37.3 Å². The van der Waals surface area contributed by atoms with Crippen LogP contribution in [0.3, 0.4) is 0 Å². The molecule has 1 amide bonds. The van der Waals surface area contributed by atoms with E-state index in [1.54, 1.807) is 30.5 Å². The second kappa shape index (κ2) is 9.39. The van der Waals surface area contributed by atoms with Crippen LogP contribution in [0, 0.1) is 6.92 Å². The maximum Gasteiger partial charge on any atom is 0.221 e. The number of likely N-dealkylation sites (tertiary alicyclic amines) is 1. The Morgan fingerprint density at radius 2 is 1.86 bits per heavy atom. The molecule has 1 atom stereocenters. The minimum Gasteiger partial charge on any atom is -0.468 e. The Kier molecular flexibility index (Phi) is 6.91. The molecule has 1 unspecified atom stereocenters. The van der Waals surface area contributed by atoms with E-state index in [0.29, 0.717) is 6.54 Å². The Bertz CT molecular complexity index is 854. The first-order valence-corrected chi connectivity index (χ1v) is 11.4. The topological polar surface area (TPSA) is 79.6 Å². The zero-order valence-corrected chi connectivity index (χ0v) is 17.1. The van der Waals surface area contributed by atoms with E-state index in [1.165, 1.54) is 6.42 Å². The van der Waals surface area contributed by atoms with Crippen LogP contribution in [-0.4, -0.2) is 44.6 Å². The molecule has 2 heterocycles. The number of rotatable bonds is 8. The number of benzene rings is 1. The van der Waals surface area contributed by atoms with E-state index in [9.17, 15) is 13.2 Å². The van der Waals surface area contributed by atoms with E-state index in [-0.39, 0.29) is 29.0 Å². The molecule has 28 heavy (non-hydrogen) atoms. The fourth-order valence-corrected chi connectivity index (χ4v) is 4.75. The van der Waals surface area contributed by atoms with Crippen molar-refractivity contribution >= 4 is 15.7 Å². The molecule has 0 radical (unpaired) electrons. The first kappa shape index (κ1) is 20.6. The van der Waals surface area contributed by atoms with Crippen molar-refractivity contribution < 1.29 is 17.6 Å². The van der Waals surface area contributed by atoms with Gasteiger partial charge in [0.05, 0.1) is 23.0 Å². The molecule has 0 spiro atoms. The summed E-state index contributed by atoms with van der Waals surface area (Å²) in [5.41, 5.74) is 0.998. The van der Waals surface area contributed by atoms with Crippen molar-refractivity contribution in [3.63, 3.8) is 0 Å². The largest absolute Gasteiger partial charge is 0.468 e. The predicted molar refractivity (Wildman–Crippen MR) is 108 cm³/mol. The Hall–Kier alpha value is -2.12. The smallest absolute Gasteiger partial charge is 0.221 e. The maximum absolute atomic E-state index is 12.4. The first-order valence-electron chi connectivity index (χ1n) is 9.79. The lowest BCUT2D eigenvalue weighted by Gasteiger charge is -2.33. The van der Waals surface area contributed by atoms with Gasteiger partial charge in [0.25, 0.3) is 0 Å². The van der Waals surface area contributed by atoms with Crippen LogP contribution in [-0.2, 0) is 14.6 Å². The minimum atomic E-state index is -3.46. The summed E-state index contributed by atoms with van der Waals surface area (Å²) in [6, 6.07) is 10.5. The average Bonchev–Trinajstić information content (AvgIpc) is 3.22. The zero-order chi connectivity index (χ0) is 20.0. The highest BCUT2D eigenvalue weighted by molar-refractivity contribution is 7.91. The number of hydrogen-bond acceptors (Lipinski definition) is 5. The van der Waals surface area contributed by atoms with Gasteiger partial charge in [0, 0.05) is 13.0 Å². The molecule has 1 fully saturated rings. The quantitative estimate of drug-likeness (QED) is 0.731. The number of carbonyl (C=O) groups excluding carboxylic acids is 1. The maximum atomic E-state index is 12.4. The van der Waals surface area contributed by atoms with Gasteiger partial charge in [-0.2, -0.15) is 0 Å². The minimum absolute atomic E-state index is 0.0204. The second-order valence-electron chi connectivity index (χ2n) is 7.31. The number of hydrogen-bond donors (Lipinski definition) is 1. The highest BCUT2D eigenvalue weighted by Crippen LogP contribution is 2.24. The normalized spacial score (nSPS) is 16.6. The molecule has 2 aromatic rings. The number of nitrogens with one attached hydrogen (secondary N) is 1. The number of piperidine rings is 1. The summed E-state index contributed by atoms with van der Waals surface area (Å²) in [5.74, 6) is 0.371. The van der Waals surface area contributed by atoms with Gasteiger partial charge in [0.15, 0.2) is 9.84 Å². The summed E-state index contributed by atoms with van der Waals surface area (Å²) < 4.78 is 30.4. The van der Waals surface area contributed by atoms with Crippen molar-refractivity contribution in [2.24, 2.45) is 0 Å². The molecule has 1 saturated heterocycles. The first-order chi connectivity index (χ1) is 13.5. The van der Waals surface area contributed by atoms with Crippen LogP contribution >= 0.6 is 0 Å². The van der Waals surface area contributed by atoms with Gasteiger partial charge in [-0.1, -0.05) is 24.1 Å². The number of aryl methyl sites for hydroxylation is 1. The summed E-state index contributed by atoms with van der Waals surface area (Å²) in [5, 5.41) is 2.90. The van der Waals surface area contributed by atoms with Crippen molar-refractivity contribution in [1.29, 1.82) is 0 Å². The van der Waals surface area contributed by atoms with Gasteiger partial charge in [-0.25, -0.2) is 8.42 Å². The van der Waals surface area contributed by atoms with Gasteiger partial charge in [-0.15, -0.1) is 0 Å². The third-order valence-corrected chi connectivity index (χ3v) is 6.91. The average molecular weight is 405 g/mol. The molecule has 1 aliphatic heterocycles. The molecule has 152 valence electrons. The molecule has 0 bridgehead atoms. The molecule has 6 nitrogen and oxygen atoms in total. The lowest BCUT2D eigenvalue weighted by atomic mass is 10.1. The molecule has 1 aromatic heterocycles. The van der Waals surface area contributed by atoms with Gasteiger partial charge in [-0.3, -0.25) is 9.69 Å². The predicted octanol–water partition coefficient (Wildman–Crippen LogP) is 3.10. The summed E-state index contributed by atoms with van der Waals surface area (Å²) in [6.45, 7) is 4.27. The van der Waals surface area contributed by atoms with E-state index in [1.807, 2.05) is 19.1 Å². The van der Waals surface area contributed by atoms with Gasteiger partial charge in [-0.05, 0) is 57.1 Å². The van der Waals surface area contributed by atoms with Crippen LogP contribution in [0.15, 0.2) is 52.0 Å². The van der Waals surface area contributed by atoms with Gasteiger partial charge in [0.1, 0.15) is 5.76 Å². The number of amides is 1. The second-order valence-corrected chi connectivity index (χ2v) is 9.42. The Morgan fingerprint density at radius 1 is 1.14 bits per heavy atom. The highest BCUT2D eigenvalue weighted by atomic mass is 32.2. The van der Waals surface area contributed by atoms with Gasteiger partial charge >= 0.3 is 0 Å². The van der Waals surface area contributed by atoms with Gasteiger partial charge in [0.2, 0.25) is 5.91 Å². The monoisotopic (exact) mass is 404 g/mol. The standard InChI is InChI=1S/C21H28N2O4S/c1-17-7-9-18(10-8-17)28(25,26)15-11-21(24)22-16-19(20-6-5-14-27-20)23-12-3-2-4-13-23/h5-10,14,19H,2-4,11-13,15-16H2,1H3,(H,22,24).